The van der Waals surface area contributed by atoms with Crippen molar-refractivity contribution in [2.75, 3.05) is 13.7 Å². The first-order valence-electron chi connectivity index (χ1n) is 5.95. The van der Waals surface area contributed by atoms with Crippen molar-refractivity contribution in [3.63, 3.8) is 0 Å². The fourth-order valence-corrected chi connectivity index (χ4v) is 2.57. The van der Waals surface area contributed by atoms with Crippen LogP contribution in [0.3, 0.4) is 0 Å². The van der Waals surface area contributed by atoms with Gasteiger partial charge in [0.1, 0.15) is 0 Å². The Morgan fingerprint density at radius 3 is 2.94 bits per heavy atom. The molecule has 4 atom stereocenters. The molecule has 92 valence electrons. The monoisotopic (exact) mass is 228 g/mol. The maximum atomic E-state index is 11.9. The molecule has 2 fully saturated rings. The predicted molar refractivity (Wildman–Crippen MR) is 59.0 cm³/mol. The summed E-state index contributed by atoms with van der Waals surface area (Å²) < 4.78 is 5.32. The molecule has 2 aliphatic rings. The fraction of sp³-hybridized carbons (Fsp3) is 0.909. The number of carbonyl (C=O) groups is 1. The van der Waals surface area contributed by atoms with Gasteiger partial charge in [-0.2, -0.15) is 0 Å². The van der Waals surface area contributed by atoms with E-state index < -0.39 is 6.10 Å². The molecule has 0 aromatic carbocycles. The van der Waals surface area contributed by atoms with E-state index in [1.807, 2.05) is 0 Å². The second-order valence-corrected chi connectivity index (χ2v) is 4.67. The highest BCUT2D eigenvalue weighted by molar-refractivity contribution is 5.82. The minimum Gasteiger partial charge on any atom is -0.392 e. The number of rotatable bonds is 3. The van der Waals surface area contributed by atoms with Crippen molar-refractivity contribution in [1.82, 2.24) is 10.6 Å². The van der Waals surface area contributed by atoms with Crippen LogP contribution in [0.2, 0.25) is 0 Å². The topological polar surface area (TPSA) is 70.6 Å². The molecule has 1 aliphatic carbocycles. The number of β-amino-alcohol motifs (C(OH)–C–C–N with tert-alkyl or cyclic N) is 1. The van der Waals surface area contributed by atoms with Crippen molar-refractivity contribution in [3.05, 3.63) is 0 Å². The Hall–Kier alpha value is -0.650. The van der Waals surface area contributed by atoms with E-state index in [2.05, 4.69) is 10.6 Å². The molecule has 1 saturated heterocycles. The summed E-state index contributed by atoms with van der Waals surface area (Å²) in [4.78, 5) is 11.9. The van der Waals surface area contributed by atoms with Crippen molar-refractivity contribution in [3.8, 4) is 0 Å². The Morgan fingerprint density at radius 1 is 1.50 bits per heavy atom. The molecular formula is C11H20N2O3. The molecule has 1 aliphatic heterocycles. The SMILES string of the molecule is COC1CCCC1NC(=O)C1CC(O)CN1. The zero-order valence-corrected chi connectivity index (χ0v) is 9.61. The Balaban J connectivity index is 1.82. The lowest BCUT2D eigenvalue weighted by Crippen LogP contribution is -2.48. The zero-order valence-electron chi connectivity index (χ0n) is 9.61. The van der Waals surface area contributed by atoms with Crippen LogP contribution in [0.4, 0.5) is 0 Å². The number of aliphatic hydroxyl groups excluding tert-OH is 1. The highest BCUT2D eigenvalue weighted by Crippen LogP contribution is 2.21. The van der Waals surface area contributed by atoms with Gasteiger partial charge in [0.25, 0.3) is 0 Å². The molecule has 1 heterocycles. The van der Waals surface area contributed by atoms with E-state index in [-0.39, 0.29) is 24.1 Å². The number of hydrogen-bond acceptors (Lipinski definition) is 4. The van der Waals surface area contributed by atoms with Crippen LogP contribution in [-0.2, 0) is 9.53 Å². The van der Waals surface area contributed by atoms with Gasteiger partial charge in [0.2, 0.25) is 5.91 Å². The first kappa shape index (κ1) is 11.8. The molecule has 5 heteroatoms. The van der Waals surface area contributed by atoms with E-state index in [0.717, 1.165) is 19.3 Å². The molecular weight excluding hydrogens is 208 g/mol. The summed E-state index contributed by atoms with van der Waals surface area (Å²) in [5.74, 6) is -0.00880. The molecule has 0 bridgehead atoms. The average molecular weight is 228 g/mol. The summed E-state index contributed by atoms with van der Waals surface area (Å²) in [6, 6.07) is -0.106. The number of aliphatic hydroxyl groups is 1. The minimum absolute atomic E-state index is 0.00880. The number of nitrogens with one attached hydrogen (secondary N) is 2. The van der Waals surface area contributed by atoms with E-state index in [1.165, 1.54) is 0 Å². The predicted octanol–water partition coefficient (Wildman–Crippen LogP) is -0.607. The van der Waals surface area contributed by atoms with E-state index in [4.69, 9.17) is 4.74 Å². The van der Waals surface area contributed by atoms with E-state index in [9.17, 15) is 9.90 Å². The number of methoxy groups -OCH3 is 1. The molecule has 3 N–H and O–H groups in total. The van der Waals surface area contributed by atoms with Gasteiger partial charge in [-0.05, 0) is 25.7 Å². The van der Waals surface area contributed by atoms with Crippen molar-refractivity contribution in [2.45, 2.75) is 50.0 Å². The van der Waals surface area contributed by atoms with Gasteiger partial charge in [-0.3, -0.25) is 4.79 Å². The second kappa shape index (κ2) is 5.12. The van der Waals surface area contributed by atoms with Gasteiger partial charge in [-0.15, -0.1) is 0 Å². The molecule has 5 nitrogen and oxygen atoms in total. The second-order valence-electron chi connectivity index (χ2n) is 4.67. The summed E-state index contributed by atoms with van der Waals surface area (Å²) >= 11 is 0. The van der Waals surface area contributed by atoms with Crippen LogP contribution >= 0.6 is 0 Å². The summed E-state index contributed by atoms with van der Waals surface area (Å²) in [6.45, 7) is 0.510. The van der Waals surface area contributed by atoms with Gasteiger partial charge in [-0.1, -0.05) is 0 Å². The van der Waals surface area contributed by atoms with Gasteiger partial charge in [0.15, 0.2) is 0 Å². The van der Waals surface area contributed by atoms with Crippen LogP contribution in [0.5, 0.6) is 0 Å². The van der Waals surface area contributed by atoms with Crippen molar-refractivity contribution >= 4 is 5.91 Å². The van der Waals surface area contributed by atoms with Gasteiger partial charge < -0.3 is 20.5 Å². The first-order valence-corrected chi connectivity index (χ1v) is 5.95. The highest BCUT2D eigenvalue weighted by Gasteiger charge is 2.33. The smallest absolute Gasteiger partial charge is 0.237 e. The molecule has 1 saturated carbocycles. The molecule has 0 radical (unpaired) electrons. The van der Waals surface area contributed by atoms with E-state index in [1.54, 1.807) is 7.11 Å². The number of ether oxygens (including phenoxy) is 1. The van der Waals surface area contributed by atoms with Crippen LogP contribution in [0, 0.1) is 0 Å². The summed E-state index contributed by atoms with van der Waals surface area (Å²) in [6.07, 6.45) is 3.37. The number of carbonyl (C=O) groups excluding carboxylic acids is 1. The van der Waals surface area contributed by atoms with Crippen LogP contribution < -0.4 is 10.6 Å². The van der Waals surface area contributed by atoms with Crippen molar-refractivity contribution in [1.29, 1.82) is 0 Å². The Labute approximate surface area is 95.5 Å². The molecule has 0 aromatic heterocycles. The third kappa shape index (κ3) is 2.53. The van der Waals surface area contributed by atoms with Crippen LogP contribution in [0.25, 0.3) is 0 Å². The zero-order chi connectivity index (χ0) is 11.5. The maximum Gasteiger partial charge on any atom is 0.237 e. The fourth-order valence-electron chi connectivity index (χ4n) is 2.57. The third-order valence-corrected chi connectivity index (χ3v) is 3.51. The van der Waals surface area contributed by atoms with E-state index in [0.29, 0.717) is 13.0 Å². The van der Waals surface area contributed by atoms with Crippen LogP contribution in [0.15, 0.2) is 0 Å². The Bertz CT molecular complexity index is 260. The van der Waals surface area contributed by atoms with Gasteiger partial charge >= 0.3 is 0 Å². The summed E-state index contributed by atoms with van der Waals surface area (Å²) in [5, 5.41) is 15.4. The van der Waals surface area contributed by atoms with E-state index >= 15 is 0 Å². The highest BCUT2D eigenvalue weighted by atomic mass is 16.5. The van der Waals surface area contributed by atoms with Crippen LogP contribution in [0.1, 0.15) is 25.7 Å². The number of hydrogen-bond donors (Lipinski definition) is 3. The average Bonchev–Trinajstić information content (AvgIpc) is 2.86. The third-order valence-electron chi connectivity index (χ3n) is 3.51. The lowest BCUT2D eigenvalue weighted by atomic mass is 10.1. The quantitative estimate of drug-likeness (QED) is 0.603. The van der Waals surface area contributed by atoms with Gasteiger partial charge in [0.05, 0.1) is 24.3 Å². The van der Waals surface area contributed by atoms with Gasteiger partial charge in [0, 0.05) is 13.7 Å². The first-order chi connectivity index (χ1) is 7.70. The molecule has 4 unspecified atom stereocenters. The number of amides is 1. The molecule has 1 amide bonds. The minimum atomic E-state index is -0.391. The Morgan fingerprint density at radius 2 is 2.31 bits per heavy atom. The lowest BCUT2D eigenvalue weighted by molar-refractivity contribution is -0.124. The van der Waals surface area contributed by atoms with Gasteiger partial charge in [-0.25, -0.2) is 0 Å². The Kier molecular flexibility index (Phi) is 3.78. The summed E-state index contributed by atoms with van der Waals surface area (Å²) in [7, 11) is 1.69. The molecule has 0 spiro atoms. The van der Waals surface area contributed by atoms with Crippen LogP contribution in [-0.4, -0.2) is 49.0 Å². The molecule has 0 aromatic rings. The lowest BCUT2D eigenvalue weighted by Gasteiger charge is -2.21. The van der Waals surface area contributed by atoms with Crippen molar-refractivity contribution < 1.29 is 14.6 Å². The standard InChI is InChI=1S/C11H20N2O3/c1-16-10-4-2-3-8(10)13-11(15)9-5-7(14)6-12-9/h7-10,12,14H,2-6H2,1H3,(H,13,15). The van der Waals surface area contributed by atoms with Crippen molar-refractivity contribution in [2.24, 2.45) is 0 Å². The maximum absolute atomic E-state index is 11.9. The molecule has 2 rings (SSSR count). The largest absolute Gasteiger partial charge is 0.392 e. The normalized spacial score (nSPS) is 38.9. The molecule has 16 heavy (non-hydrogen) atoms. The summed E-state index contributed by atoms with van der Waals surface area (Å²) in [5.41, 5.74) is 0.